The quantitative estimate of drug-likeness (QED) is 0.250. The van der Waals surface area contributed by atoms with Gasteiger partial charge in [0, 0.05) is 36.0 Å². The Morgan fingerprint density at radius 2 is 1.96 bits per heavy atom. The Bertz CT molecular complexity index is 794. The highest BCUT2D eigenvalue weighted by atomic mass is 16.2. The second-order valence-electron chi connectivity index (χ2n) is 6.38. The van der Waals surface area contributed by atoms with Crippen LogP contribution in [0.3, 0.4) is 0 Å². The fourth-order valence-corrected chi connectivity index (χ4v) is 2.79. The van der Waals surface area contributed by atoms with E-state index in [1.165, 1.54) is 0 Å². The van der Waals surface area contributed by atoms with Crippen molar-refractivity contribution in [2.75, 3.05) is 6.54 Å². The Balaban J connectivity index is 1.96. The van der Waals surface area contributed by atoms with Gasteiger partial charge >= 0.3 is 0 Å². The summed E-state index contributed by atoms with van der Waals surface area (Å²) in [7, 11) is 0. The minimum atomic E-state index is -0.762. The van der Waals surface area contributed by atoms with E-state index >= 15 is 0 Å². The van der Waals surface area contributed by atoms with Crippen LogP contribution in [-0.4, -0.2) is 35.3 Å². The molecule has 2 atom stereocenters. The van der Waals surface area contributed by atoms with Crippen molar-refractivity contribution < 1.29 is 9.59 Å². The van der Waals surface area contributed by atoms with Gasteiger partial charge in [-0.2, -0.15) is 0 Å². The highest BCUT2D eigenvalue weighted by Crippen LogP contribution is 2.19. The second kappa shape index (κ2) is 8.89. The molecule has 0 aliphatic heterocycles. The highest BCUT2D eigenvalue weighted by Gasteiger charge is 2.22. The summed E-state index contributed by atoms with van der Waals surface area (Å²) in [5.74, 6) is -1.00. The number of guanidine groups is 1. The number of nitrogens with one attached hydrogen (secondary N) is 2. The third-order valence-electron chi connectivity index (χ3n) is 4.30. The Labute approximate surface area is 152 Å². The zero-order valence-electron chi connectivity index (χ0n) is 14.9. The Kier molecular flexibility index (Phi) is 6.60. The zero-order chi connectivity index (χ0) is 19.1. The topological polar surface area (TPSA) is 152 Å². The Morgan fingerprint density at radius 1 is 1.23 bits per heavy atom. The lowest BCUT2D eigenvalue weighted by Crippen LogP contribution is -2.47. The number of primary amides is 1. The van der Waals surface area contributed by atoms with Gasteiger partial charge < -0.3 is 27.5 Å². The van der Waals surface area contributed by atoms with Crippen molar-refractivity contribution in [2.45, 2.75) is 32.2 Å². The van der Waals surface area contributed by atoms with Gasteiger partial charge in [0.25, 0.3) is 0 Å². The van der Waals surface area contributed by atoms with Crippen LogP contribution in [0.25, 0.3) is 10.9 Å². The van der Waals surface area contributed by atoms with Crippen LogP contribution in [0.2, 0.25) is 0 Å². The number of nitrogens with zero attached hydrogens (tertiary/aromatic N) is 1. The molecule has 1 heterocycles. The summed E-state index contributed by atoms with van der Waals surface area (Å²) in [6.45, 7) is 2.27. The average Bonchev–Trinajstić information content (AvgIpc) is 3.00. The van der Waals surface area contributed by atoms with Gasteiger partial charge in [0.2, 0.25) is 11.8 Å². The van der Waals surface area contributed by atoms with Crippen LogP contribution < -0.4 is 22.5 Å². The van der Waals surface area contributed by atoms with E-state index in [0.29, 0.717) is 25.8 Å². The lowest BCUT2D eigenvalue weighted by Gasteiger charge is -2.18. The van der Waals surface area contributed by atoms with Crippen LogP contribution in [0.5, 0.6) is 0 Å². The molecule has 0 aliphatic carbocycles. The predicted molar refractivity (Wildman–Crippen MR) is 102 cm³/mol. The number of aromatic amines is 1. The number of fused-ring (bicyclic) bond motifs is 1. The number of aliphatic imine (C=N–C) groups is 1. The minimum absolute atomic E-state index is 0.0367. The molecule has 0 bridgehead atoms. The number of rotatable bonds is 9. The van der Waals surface area contributed by atoms with Gasteiger partial charge in [-0.1, -0.05) is 25.1 Å². The average molecular weight is 358 g/mol. The number of hydrogen-bond acceptors (Lipinski definition) is 3. The van der Waals surface area contributed by atoms with Crippen molar-refractivity contribution in [3.05, 3.63) is 36.0 Å². The van der Waals surface area contributed by atoms with Gasteiger partial charge in [0.05, 0.1) is 0 Å². The van der Waals surface area contributed by atoms with Crippen LogP contribution in [0.1, 0.15) is 25.3 Å². The lowest BCUT2D eigenvalue weighted by atomic mass is 10.0. The number of H-pyrrole nitrogens is 1. The van der Waals surface area contributed by atoms with E-state index in [0.717, 1.165) is 16.5 Å². The molecule has 140 valence electrons. The van der Waals surface area contributed by atoms with E-state index in [4.69, 9.17) is 17.2 Å². The molecule has 0 unspecified atom stereocenters. The smallest absolute Gasteiger partial charge is 0.240 e. The summed E-state index contributed by atoms with van der Waals surface area (Å²) in [5.41, 5.74) is 17.9. The zero-order valence-corrected chi connectivity index (χ0v) is 14.9. The lowest BCUT2D eigenvalue weighted by molar-refractivity contribution is -0.129. The number of hydrogen-bond donors (Lipinski definition) is 5. The van der Waals surface area contributed by atoms with E-state index in [9.17, 15) is 9.59 Å². The van der Waals surface area contributed by atoms with Crippen LogP contribution in [0.4, 0.5) is 0 Å². The molecule has 26 heavy (non-hydrogen) atoms. The summed E-state index contributed by atoms with van der Waals surface area (Å²) in [6, 6.07) is 7.01. The second-order valence-corrected chi connectivity index (χ2v) is 6.38. The molecule has 2 aromatic rings. The number of carbonyl (C=O) groups excluding carboxylic acids is 2. The minimum Gasteiger partial charge on any atom is -0.370 e. The van der Waals surface area contributed by atoms with Crippen molar-refractivity contribution >= 4 is 28.7 Å². The predicted octanol–water partition coefficient (Wildman–Crippen LogP) is 0.370. The molecular formula is C18H26N6O2. The van der Waals surface area contributed by atoms with Crippen LogP contribution in [-0.2, 0) is 16.0 Å². The van der Waals surface area contributed by atoms with E-state index in [-0.39, 0.29) is 17.8 Å². The molecule has 8 N–H and O–H groups in total. The molecule has 0 spiro atoms. The van der Waals surface area contributed by atoms with E-state index in [1.807, 2.05) is 30.5 Å². The number of aromatic nitrogens is 1. The molecule has 8 nitrogen and oxygen atoms in total. The van der Waals surface area contributed by atoms with Crippen molar-refractivity contribution in [3.63, 3.8) is 0 Å². The highest BCUT2D eigenvalue weighted by molar-refractivity contribution is 5.89. The summed E-state index contributed by atoms with van der Waals surface area (Å²) < 4.78 is 0. The Morgan fingerprint density at radius 3 is 2.65 bits per heavy atom. The summed E-state index contributed by atoms with van der Waals surface area (Å²) in [4.78, 5) is 31.2. The molecule has 0 fully saturated rings. The van der Waals surface area contributed by atoms with E-state index in [2.05, 4.69) is 15.3 Å². The molecule has 2 rings (SSSR count). The molecule has 8 heteroatoms. The van der Waals surface area contributed by atoms with Crippen LogP contribution in [0.15, 0.2) is 35.5 Å². The normalized spacial score (nSPS) is 13.1. The summed E-state index contributed by atoms with van der Waals surface area (Å²) >= 11 is 0. The number of benzene rings is 1. The molecule has 0 aliphatic rings. The van der Waals surface area contributed by atoms with Gasteiger partial charge in [-0.15, -0.1) is 0 Å². The van der Waals surface area contributed by atoms with Gasteiger partial charge in [0.1, 0.15) is 6.04 Å². The van der Waals surface area contributed by atoms with Crippen molar-refractivity contribution in [1.82, 2.24) is 10.3 Å². The monoisotopic (exact) mass is 358 g/mol. The third kappa shape index (κ3) is 5.23. The maximum absolute atomic E-state index is 12.4. The van der Waals surface area contributed by atoms with Crippen molar-refractivity contribution in [2.24, 2.45) is 28.1 Å². The van der Waals surface area contributed by atoms with Crippen LogP contribution in [0, 0.1) is 5.92 Å². The SMILES string of the molecule is C[C@@H](CCCN=C(N)N)C(=O)N[C@@H](Cc1c[nH]c2ccccc12)C(N)=O. The first-order chi connectivity index (χ1) is 12.4. The largest absolute Gasteiger partial charge is 0.370 e. The van der Waals surface area contributed by atoms with Gasteiger partial charge in [-0.25, -0.2) is 0 Å². The van der Waals surface area contributed by atoms with E-state index in [1.54, 1.807) is 6.92 Å². The standard InChI is InChI=1S/C18H26N6O2/c1-11(5-4-8-22-18(20)21)17(26)24-15(16(19)25)9-12-10-23-14-7-3-2-6-13(12)14/h2-3,6-7,10-11,15,23H,4-5,8-9H2,1H3,(H2,19,25)(H,24,26)(H4,20,21,22)/t11-,15-/m0/s1. The first kappa shape index (κ1) is 19.3. The molecule has 2 amide bonds. The van der Waals surface area contributed by atoms with Crippen molar-refractivity contribution in [1.29, 1.82) is 0 Å². The van der Waals surface area contributed by atoms with Gasteiger partial charge in [-0.05, 0) is 24.5 Å². The van der Waals surface area contributed by atoms with Crippen LogP contribution >= 0.6 is 0 Å². The molecule has 1 aromatic carbocycles. The molecule has 0 saturated heterocycles. The fourth-order valence-electron chi connectivity index (χ4n) is 2.79. The summed E-state index contributed by atoms with van der Waals surface area (Å²) in [5, 5.41) is 3.77. The molecule has 0 saturated carbocycles. The summed E-state index contributed by atoms with van der Waals surface area (Å²) in [6.07, 6.45) is 3.47. The number of para-hydroxylation sites is 1. The number of nitrogens with two attached hydrogens (primary N) is 3. The van der Waals surface area contributed by atoms with E-state index < -0.39 is 11.9 Å². The number of carbonyl (C=O) groups is 2. The van der Waals surface area contributed by atoms with Gasteiger partial charge in [-0.3, -0.25) is 14.6 Å². The molecule has 1 aromatic heterocycles. The third-order valence-corrected chi connectivity index (χ3v) is 4.30. The first-order valence-corrected chi connectivity index (χ1v) is 8.58. The molecule has 0 radical (unpaired) electrons. The Hall–Kier alpha value is -3.03. The maximum Gasteiger partial charge on any atom is 0.240 e. The van der Waals surface area contributed by atoms with Crippen molar-refractivity contribution in [3.8, 4) is 0 Å². The number of amides is 2. The first-order valence-electron chi connectivity index (χ1n) is 8.58. The maximum atomic E-state index is 12.4. The fraction of sp³-hybridized carbons (Fsp3) is 0.389. The van der Waals surface area contributed by atoms with Gasteiger partial charge in [0.15, 0.2) is 5.96 Å². The molecular weight excluding hydrogens is 332 g/mol.